The lowest BCUT2D eigenvalue weighted by Gasteiger charge is -2.19. The number of benzene rings is 3. The standard InChI is InChI=1S/C27H30N2OS2/c1-19-8-14-24(15-9-19)32-17-16-28-26(31)29-23-7-5-6-21(18-23)25(30)20-10-12-22(13-11-20)27(2,3)4/h5-15,18H,16-17H2,1-4H3,(H2,28,29,31). The molecule has 5 heteroatoms. The van der Waals surface area contributed by atoms with E-state index >= 15 is 0 Å². The van der Waals surface area contributed by atoms with E-state index in [-0.39, 0.29) is 11.2 Å². The molecule has 3 nitrogen and oxygen atoms in total. The highest BCUT2D eigenvalue weighted by molar-refractivity contribution is 7.99. The summed E-state index contributed by atoms with van der Waals surface area (Å²) >= 11 is 7.21. The van der Waals surface area contributed by atoms with E-state index in [1.54, 1.807) is 11.8 Å². The lowest BCUT2D eigenvalue weighted by Crippen LogP contribution is -2.30. The third-order valence-electron chi connectivity index (χ3n) is 5.07. The van der Waals surface area contributed by atoms with Crippen LogP contribution in [0.25, 0.3) is 0 Å². The van der Waals surface area contributed by atoms with E-state index < -0.39 is 0 Å². The van der Waals surface area contributed by atoms with Crippen LogP contribution in [0, 0.1) is 6.92 Å². The minimum absolute atomic E-state index is 0.00230. The Morgan fingerprint density at radius 3 is 2.28 bits per heavy atom. The Morgan fingerprint density at radius 1 is 0.938 bits per heavy atom. The van der Waals surface area contributed by atoms with Gasteiger partial charge in [-0.3, -0.25) is 4.79 Å². The van der Waals surface area contributed by atoms with Crippen molar-refractivity contribution in [3.63, 3.8) is 0 Å². The highest BCUT2D eigenvalue weighted by Gasteiger charge is 2.15. The Balaban J connectivity index is 1.53. The van der Waals surface area contributed by atoms with E-state index in [0.29, 0.717) is 16.2 Å². The second-order valence-corrected chi connectivity index (χ2v) is 10.4. The number of ketones is 1. The van der Waals surface area contributed by atoms with Gasteiger partial charge in [0.25, 0.3) is 0 Å². The SMILES string of the molecule is Cc1ccc(SCCNC(=S)Nc2cccc(C(=O)c3ccc(C(C)(C)C)cc3)c2)cc1. The summed E-state index contributed by atoms with van der Waals surface area (Å²) in [6.45, 7) is 9.33. The first kappa shape index (κ1) is 24.0. The lowest BCUT2D eigenvalue weighted by atomic mass is 9.86. The number of carbonyl (C=O) groups excluding carboxylic acids is 1. The first-order valence-corrected chi connectivity index (χ1v) is 12.1. The second kappa shape index (κ2) is 10.8. The molecule has 0 fully saturated rings. The van der Waals surface area contributed by atoms with Crippen molar-refractivity contribution in [3.8, 4) is 0 Å². The number of anilines is 1. The first-order valence-electron chi connectivity index (χ1n) is 10.7. The molecular formula is C27H30N2OS2. The van der Waals surface area contributed by atoms with Crippen LogP contribution < -0.4 is 10.6 Å². The Bertz CT molecular complexity index is 1070. The van der Waals surface area contributed by atoms with Gasteiger partial charge in [-0.1, -0.05) is 74.9 Å². The molecule has 3 aromatic rings. The number of hydrogen-bond acceptors (Lipinski definition) is 3. The van der Waals surface area contributed by atoms with E-state index in [4.69, 9.17) is 12.2 Å². The molecule has 0 aliphatic carbocycles. The number of rotatable bonds is 7. The fourth-order valence-electron chi connectivity index (χ4n) is 3.17. The van der Waals surface area contributed by atoms with Gasteiger partial charge in [0.2, 0.25) is 0 Å². The van der Waals surface area contributed by atoms with Crippen LogP contribution in [0.3, 0.4) is 0 Å². The Morgan fingerprint density at radius 2 is 1.62 bits per heavy atom. The van der Waals surface area contributed by atoms with Crippen LogP contribution in [-0.2, 0) is 5.41 Å². The molecule has 0 aliphatic rings. The summed E-state index contributed by atoms with van der Waals surface area (Å²) in [6, 6.07) is 23.8. The molecule has 3 aromatic carbocycles. The van der Waals surface area contributed by atoms with Crippen molar-refractivity contribution < 1.29 is 4.79 Å². The summed E-state index contributed by atoms with van der Waals surface area (Å²) in [7, 11) is 0. The maximum absolute atomic E-state index is 12.9. The molecule has 0 radical (unpaired) electrons. The smallest absolute Gasteiger partial charge is 0.193 e. The third-order valence-corrected chi connectivity index (χ3v) is 6.33. The molecule has 0 aliphatic heterocycles. The maximum Gasteiger partial charge on any atom is 0.193 e. The quantitative estimate of drug-likeness (QED) is 0.179. The normalized spacial score (nSPS) is 11.1. The third kappa shape index (κ3) is 6.94. The van der Waals surface area contributed by atoms with Gasteiger partial charge in [0.05, 0.1) is 0 Å². The van der Waals surface area contributed by atoms with E-state index in [9.17, 15) is 4.79 Å². The zero-order valence-electron chi connectivity index (χ0n) is 19.1. The molecule has 0 atom stereocenters. The molecule has 0 spiro atoms. The second-order valence-electron chi connectivity index (χ2n) is 8.78. The number of hydrogen-bond donors (Lipinski definition) is 2. The van der Waals surface area contributed by atoms with E-state index in [0.717, 1.165) is 18.0 Å². The Labute approximate surface area is 201 Å². The number of thioether (sulfide) groups is 1. The van der Waals surface area contributed by atoms with Crippen LogP contribution in [0.5, 0.6) is 0 Å². The van der Waals surface area contributed by atoms with Gasteiger partial charge in [-0.05, 0) is 54.4 Å². The molecule has 0 bridgehead atoms. The summed E-state index contributed by atoms with van der Waals surface area (Å²) in [4.78, 5) is 14.2. The van der Waals surface area contributed by atoms with Gasteiger partial charge in [-0.15, -0.1) is 11.8 Å². The van der Waals surface area contributed by atoms with Crippen molar-refractivity contribution in [2.24, 2.45) is 0 Å². The van der Waals surface area contributed by atoms with Crippen LogP contribution in [0.2, 0.25) is 0 Å². The zero-order chi connectivity index (χ0) is 23.1. The van der Waals surface area contributed by atoms with Crippen molar-refractivity contribution >= 4 is 40.6 Å². The largest absolute Gasteiger partial charge is 0.362 e. The molecule has 166 valence electrons. The highest BCUT2D eigenvalue weighted by Crippen LogP contribution is 2.23. The molecule has 0 heterocycles. The number of aryl methyl sites for hydroxylation is 1. The average Bonchev–Trinajstić information content (AvgIpc) is 2.77. The summed E-state index contributed by atoms with van der Waals surface area (Å²) in [6.07, 6.45) is 0. The van der Waals surface area contributed by atoms with E-state index in [1.165, 1.54) is 16.0 Å². The van der Waals surface area contributed by atoms with Crippen molar-refractivity contribution in [1.29, 1.82) is 0 Å². The van der Waals surface area contributed by atoms with Crippen LogP contribution in [0.4, 0.5) is 5.69 Å². The predicted molar refractivity (Wildman–Crippen MR) is 141 cm³/mol. The minimum Gasteiger partial charge on any atom is -0.362 e. The Kier molecular flexibility index (Phi) is 8.10. The first-order chi connectivity index (χ1) is 15.2. The predicted octanol–water partition coefficient (Wildman–Crippen LogP) is 6.60. The zero-order valence-corrected chi connectivity index (χ0v) is 20.7. The fraction of sp³-hybridized carbons (Fsp3) is 0.259. The van der Waals surface area contributed by atoms with Gasteiger partial charge in [-0.25, -0.2) is 0 Å². The molecule has 0 saturated carbocycles. The summed E-state index contributed by atoms with van der Waals surface area (Å²) in [5.74, 6) is 0.913. The summed E-state index contributed by atoms with van der Waals surface area (Å²) in [5.41, 5.74) is 4.65. The summed E-state index contributed by atoms with van der Waals surface area (Å²) in [5, 5.41) is 6.96. The van der Waals surface area contributed by atoms with Gasteiger partial charge >= 0.3 is 0 Å². The van der Waals surface area contributed by atoms with Crippen LogP contribution in [0.15, 0.2) is 77.7 Å². The van der Waals surface area contributed by atoms with E-state index in [1.807, 2.05) is 48.5 Å². The monoisotopic (exact) mass is 462 g/mol. The van der Waals surface area contributed by atoms with Gasteiger partial charge in [0, 0.05) is 34.0 Å². The molecule has 0 saturated heterocycles. The van der Waals surface area contributed by atoms with Gasteiger partial charge < -0.3 is 10.6 Å². The molecule has 0 aromatic heterocycles. The average molecular weight is 463 g/mol. The fourth-order valence-corrected chi connectivity index (χ4v) is 4.16. The van der Waals surface area contributed by atoms with Crippen molar-refractivity contribution in [3.05, 3.63) is 95.1 Å². The van der Waals surface area contributed by atoms with Crippen molar-refractivity contribution in [1.82, 2.24) is 5.32 Å². The molecular weight excluding hydrogens is 432 g/mol. The van der Waals surface area contributed by atoms with Crippen LogP contribution in [0.1, 0.15) is 47.8 Å². The number of thiocarbonyl (C=S) groups is 1. The topological polar surface area (TPSA) is 41.1 Å². The van der Waals surface area contributed by atoms with Gasteiger partial charge in [0.1, 0.15) is 0 Å². The molecule has 2 N–H and O–H groups in total. The molecule has 3 rings (SSSR count). The maximum atomic E-state index is 12.9. The number of carbonyl (C=O) groups is 1. The summed E-state index contributed by atoms with van der Waals surface area (Å²) < 4.78 is 0. The highest BCUT2D eigenvalue weighted by atomic mass is 32.2. The van der Waals surface area contributed by atoms with Crippen LogP contribution in [-0.4, -0.2) is 23.2 Å². The molecule has 0 amide bonds. The van der Waals surface area contributed by atoms with E-state index in [2.05, 4.69) is 62.6 Å². The van der Waals surface area contributed by atoms with Gasteiger partial charge in [-0.2, -0.15) is 0 Å². The lowest BCUT2D eigenvalue weighted by molar-refractivity contribution is 0.103. The molecule has 32 heavy (non-hydrogen) atoms. The number of nitrogens with one attached hydrogen (secondary N) is 2. The van der Waals surface area contributed by atoms with Crippen LogP contribution >= 0.6 is 24.0 Å². The molecule has 0 unspecified atom stereocenters. The van der Waals surface area contributed by atoms with Crippen molar-refractivity contribution in [2.45, 2.75) is 38.0 Å². The van der Waals surface area contributed by atoms with Gasteiger partial charge in [0.15, 0.2) is 10.9 Å². The Hall–Kier alpha value is -2.63. The van der Waals surface area contributed by atoms with Crippen molar-refractivity contribution in [2.75, 3.05) is 17.6 Å². The minimum atomic E-state index is 0.00230.